The van der Waals surface area contributed by atoms with Gasteiger partial charge in [-0.3, -0.25) is 0 Å². The van der Waals surface area contributed by atoms with Gasteiger partial charge in [0.2, 0.25) is 0 Å². The highest BCUT2D eigenvalue weighted by atomic mass is 32.2. The quantitative estimate of drug-likeness (QED) is 0.420. The van der Waals surface area contributed by atoms with Gasteiger partial charge in [0.1, 0.15) is 0 Å². The number of hydrogen-bond acceptors (Lipinski definition) is 3. The summed E-state index contributed by atoms with van der Waals surface area (Å²) in [6.07, 6.45) is 1.17. The van der Waals surface area contributed by atoms with Crippen molar-refractivity contribution >= 4 is 11.8 Å². The maximum absolute atomic E-state index is 5.71. The summed E-state index contributed by atoms with van der Waals surface area (Å²) in [7, 11) is 0. The van der Waals surface area contributed by atoms with Crippen molar-refractivity contribution in [1.29, 1.82) is 0 Å². The van der Waals surface area contributed by atoms with Crippen LogP contribution in [0.3, 0.4) is 0 Å². The molecule has 0 heterocycles. The molecule has 112 valence electrons. The van der Waals surface area contributed by atoms with Gasteiger partial charge >= 0.3 is 0 Å². The summed E-state index contributed by atoms with van der Waals surface area (Å²) >= 11 is 1.74. The lowest BCUT2D eigenvalue weighted by Crippen LogP contribution is -2.13. The highest BCUT2D eigenvalue weighted by Crippen LogP contribution is 2.19. The van der Waals surface area contributed by atoms with Gasteiger partial charge in [-0.2, -0.15) is 0 Å². The average Bonchev–Trinajstić information content (AvgIpc) is 2.53. The Morgan fingerprint density at radius 3 is 2.62 bits per heavy atom. The van der Waals surface area contributed by atoms with E-state index in [-0.39, 0.29) is 0 Å². The summed E-state index contributed by atoms with van der Waals surface area (Å²) in [6, 6.07) is 18.9. The van der Waals surface area contributed by atoms with E-state index in [0.717, 1.165) is 13.1 Å². The summed E-state index contributed by atoms with van der Waals surface area (Å²) < 4.78 is 5.71. The molecule has 2 aromatic carbocycles. The van der Waals surface area contributed by atoms with Crippen molar-refractivity contribution in [2.24, 2.45) is 0 Å². The van der Waals surface area contributed by atoms with Crippen LogP contribution < -0.4 is 5.32 Å². The smallest absolute Gasteiger partial charge is 0.0971 e. The van der Waals surface area contributed by atoms with Crippen molar-refractivity contribution in [2.45, 2.75) is 31.4 Å². The van der Waals surface area contributed by atoms with Gasteiger partial charge in [0.05, 0.1) is 12.5 Å². The van der Waals surface area contributed by atoms with E-state index < -0.39 is 0 Å². The van der Waals surface area contributed by atoms with Gasteiger partial charge in [-0.05, 0) is 36.2 Å². The van der Waals surface area contributed by atoms with Gasteiger partial charge in [0, 0.05) is 11.4 Å². The number of benzene rings is 2. The van der Waals surface area contributed by atoms with Crippen molar-refractivity contribution in [2.75, 3.05) is 12.5 Å². The molecule has 0 spiro atoms. The summed E-state index contributed by atoms with van der Waals surface area (Å²) in [4.78, 5) is 1.26. The standard InChI is InChI=1S/C18H23NOS/c1-2-11-19-13-17-9-6-10-18(12-17)21-15-20-14-16-7-4-3-5-8-16/h3-10,12,19H,2,11,13-15H2,1H3. The lowest BCUT2D eigenvalue weighted by Gasteiger charge is -2.07. The highest BCUT2D eigenvalue weighted by molar-refractivity contribution is 7.99. The Balaban J connectivity index is 1.71. The van der Waals surface area contributed by atoms with Gasteiger partial charge in [0.15, 0.2) is 0 Å². The van der Waals surface area contributed by atoms with E-state index in [2.05, 4.69) is 48.6 Å². The lowest BCUT2D eigenvalue weighted by molar-refractivity contribution is 0.169. The molecule has 0 aliphatic rings. The monoisotopic (exact) mass is 301 g/mol. The van der Waals surface area contributed by atoms with Gasteiger partial charge in [0.25, 0.3) is 0 Å². The second kappa shape index (κ2) is 9.61. The fourth-order valence-electron chi connectivity index (χ4n) is 2.00. The van der Waals surface area contributed by atoms with Gasteiger partial charge in [-0.1, -0.05) is 61.2 Å². The van der Waals surface area contributed by atoms with Gasteiger partial charge < -0.3 is 10.1 Å². The third kappa shape index (κ3) is 6.34. The molecule has 1 N–H and O–H groups in total. The normalized spacial score (nSPS) is 10.7. The van der Waals surface area contributed by atoms with Crippen LogP contribution in [0, 0.1) is 0 Å². The van der Waals surface area contributed by atoms with Crippen LogP contribution in [0.5, 0.6) is 0 Å². The Hall–Kier alpha value is -1.29. The molecule has 0 aromatic heterocycles. The zero-order valence-electron chi connectivity index (χ0n) is 12.5. The van der Waals surface area contributed by atoms with Crippen molar-refractivity contribution in [3.8, 4) is 0 Å². The third-order valence-electron chi connectivity index (χ3n) is 3.07. The first-order chi connectivity index (χ1) is 10.4. The van der Waals surface area contributed by atoms with Crippen molar-refractivity contribution < 1.29 is 4.74 Å². The lowest BCUT2D eigenvalue weighted by atomic mass is 10.2. The second-order valence-electron chi connectivity index (χ2n) is 4.92. The molecule has 0 aliphatic carbocycles. The molecule has 0 amide bonds. The van der Waals surface area contributed by atoms with E-state index in [1.165, 1.54) is 22.4 Å². The molecule has 2 rings (SSSR count). The van der Waals surface area contributed by atoms with Crippen molar-refractivity contribution in [1.82, 2.24) is 5.32 Å². The molecule has 0 fully saturated rings. The van der Waals surface area contributed by atoms with Crippen LogP contribution >= 0.6 is 11.8 Å². The molecule has 2 aromatic rings. The average molecular weight is 301 g/mol. The molecule has 0 unspecified atom stereocenters. The van der Waals surface area contributed by atoms with Crippen LogP contribution in [-0.4, -0.2) is 12.5 Å². The topological polar surface area (TPSA) is 21.3 Å². The van der Waals surface area contributed by atoms with E-state index in [0.29, 0.717) is 12.5 Å². The molecule has 0 saturated carbocycles. The Bertz CT molecular complexity index is 516. The van der Waals surface area contributed by atoms with E-state index in [1.807, 2.05) is 18.2 Å². The molecule has 2 nitrogen and oxygen atoms in total. The molecule has 3 heteroatoms. The van der Waals surface area contributed by atoms with E-state index in [4.69, 9.17) is 4.74 Å². The van der Waals surface area contributed by atoms with Crippen LogP contribution in [-0.2, 0) is 17.9 Å². The van der Waals surface area contributed by atoms with E-state index in [9.17, 15) is 0 Å². The first-order valence-corrected chi connectivity index (χ1v) is 8.41. The molecule has 0 saturated heterocycles. The summed E-state index contributed by atoms with van der Waals surface area (Å²) in [5.41, 5.74) is 2.55. The Kier molecular flexibility index (Phi) is 7.36. The van der Waals surface area contributed by atoms with Gasteiger partial charge in [-0.25, -0.2) is 0 Å². The highest BCUT2D eigenvalue weighted by Gasteiger charge is 1.98. The third-order valence-corrected chi connectivity index (χ3v) is 3.95. The maximum atomic E-state index is 5.71. The molecular formula is C18H23NOS. The largest absolute Gasteiger partial charge is 0.366 e. The fraction of sp³-hybridized carbons (Fsp3) is 0.333. The zero-order valence-corrected chi connectivity index (χ0v) is 13.4. The van der Waals surface area contributed by atoms with Crippen LogP contribution in [0.2, 0.25) is 0 Å². The number of rotatable bonds is 9. The molecule has 21 heavy (non-hydrogen) atoms. The molecular weight excluding hydrogens is 278 g/mol. The van der Waals surface area contributed by atoms with Crippen LogP contribution in [0.25, 0.3) is 0 Å². The van der Waals surface area contributed by atoms with Crippen LogP contribution in [0.15, 0.2) is 59.5 Å². The number of nitrogens with one attached hydrogen (secondary N) is 1. The second-order valence-corrected chi connectivity index (χ2v) is 5.92. The first-order valence-electron chi connectivity index (χ1n) is 7.42. The summed E-state index contributed by atoms with van der Waals surface area (Å²) in [6.45, 7) is 4.86. The zero-order chi connectivity index (χ0) is 14.8. The Morgan fingerprint density at radius 1 is 1.00 bits per heavy atom. The van der Waals surface area contributed by atoms with Crippen LogP contribution in [0.1, 0.15) is 24.5 Å². The molecule has 0 aliphatic heterocycles. The molecule has 0 atom stereocenters. The summed E-state index contributed by atoms with van der Waals surface area (Å²) in [5, 5.41) is 3.43. The van der Waals surface area contributed by atoms with Crippen molar-refractivity contribution in [3.05, 3.63) is 65.7 Å². The predicted molar refractivity (Wildman–Crippen MR) is 90.4 cm³/mol. The molecule has 0 bridgehead atoms. The van der Waals surface area contributed by atoms with Gasteiger partial charge in [-0.15, -0.1) is 0 Å². The summed E-state index contributed by atoms with van der Waals surface area (Å²) in [5.74, 6) is 0.681. The Labute approximate surface area is 131 Å². The number of hydrogen-bond donors (Lipinski definition) is 1. The number of ether oxygens (including phenoxy) is 1. The van der Waals surface area contributed by atoms with E-state index in [1.54, 1.807) is 11.8 Å². The predicted octanol–water partition coefficient (Wildman–Crippen LogP) is 4.45. The maximum Gasteiger partial charge on any atom is 0.0971 e. The number of thioether (sulfide) groups is 1. The first kappa shape index (κ1) is 16.1. The van der Waals surface area contributed by atoms with E-state index >= 15 is 0 Å². The minimum absolute atomic E-state index is 0.672. The minimum Gasteiger partial charge on any atom is -0.366 e. The Morgan fingerprint density at radius 2 is 1.81 bits per heavy atom. The van der Waals surface area contributed by atoms with Crippen molar-refractivity contribution in [3.63, 3.8) is 0 Å². The SMILES string of the molecule is CCCNCc1cccc(SCOCc2ccccc2)c1. The molecule has 0 radical (unpaired) electrons. The van der Waals surface area contributed by atoms with Crippen LogP contribution in [0.4, 0.5) is 0 Å². The fourth-order valence-corrected chi connectivity index (χ4v) is 2.71. The minimum atomic E-state index is 0.672.